The van der Waals surface area contributed by atoms with Gasteiger partial charge in [0, 0.05) is 23.4 Å². The van der Waals surface area contributed by atoms with Crippen LogP contribution in [0.4, 0.5) is 24.5 Å². The minimum Gasteiger partial charge on any atom is -0.508 e. The first-order chi connectivity index (χ1) is 16.5. The van der Waals surface area contributed by atoms with Crippen LogP contribution in [0, 0.1) is 10.1 Å². The number of phenols is 1. The van der Waals surface area contributed by atoms with Crippen molar-refractivity contribution >= 4 is 28.8 Å². The van der Waals surface area contributed by atoms with E-state index >= 15 is 0 Å². The number of hydrogen-bond donors (Lipinski definition) is 2. The van der Waals surface area contributed by atoms with Gasteiger partial charge < -0.3 is 10.2 Å². The molecule has 1 atom stereocenters. The number of phenolic OH excluding ortho intramolecular Hbond substituents is 1. The van der Waals surface area contributed by atoms with E-state index in [0.717, 1.165) is 29.2 Å². The molecule has 0 saturated carbocycles. The number of rotatable bonds is 4. The zero-order chi connectivity index (χ0) is 25.5. The van der Waals surface area contributed by atoms with Crippen molar-refractivity contribution in [1.82, 2.24) is 0 Å². The van der Waals surface area contributed by atoms with Crippen molar-refractivity contribution in [2.45, 2.75) is 12.2 Å². The molecule has 1 fully saturated rings. The molecule has 1 unspecified atom stereocenters. The third kappa shape index (κ3) is 4.31. The molecule has 1 amide bonds. The molecule has 1 heterocycles. The van der Waals surface area contributed by atoms with Crippen LogP contribution in [0.1, 0.15) is 22.7 Å². The highest BCUT2D eigenvalue weighted by atomic mass is 19.4. The summed E-state index contributed by atoms with van der Waals surface area (Å²) in [5.74, 6) is -3.28. The maximum Gasteiger partial charge on any atom is 0.416 e. The molecule has 3 aromatic carbocycles. The Hall–Kier alpha value is -4.67. The van der Waals surface area contributed by atoms with Crippen molar-refractivity contribution in [3.05, 3.63) is 105 Å². The highest BCUT2D eigenvalue weighted by Crippen LogP contribution is 2.43. The lowest BCUT2D eigenvalue weighted by molar-refractivity contribution is -0.384. The molecular weight excluding hydrogens is 469 g/mol. The number of Topliss-reactive ketones (excluding diaryl/α,β-unsaturated/α-hetero) is 1. The number of aliphatic hydroxyl groups is 1. The molecule has 35 heavy (non-hydrogen) atoms. The second kappa shape index (κ2) is 8.60. The van der Waals surface area contributed by atoms with Crippen molar-refractivity contribution < 1.29 is 37.9 Å². The van der Waals surface area contributed by atoms with E-state index in [-0.39, 0.29) is 28.3 Å². The minimum absolute atomic E-state index is 0.134. The maximum absolute atomic E-state index is 13.3. The summed E-state index contributed by atoms with van der Waals surface area (Å²) in [4.78, 5) is 37.3. The van der Waals surface area contributed by atoms with Gasteiger partial charge >= 0.3 is 6.18 Å². The number of amides is 1. The van der Waals surface area contributed by atoms with Gasteiger partial charge in [-0.2, -0.15) is 13.2 Å². The van der Waals surface area contributed by atoms with Crippen LogP contribution in [0.15, 0.2) is 78.4 Å². The number of halogens is 3. The van der Waals surface area contributed by atoms with Gasteiger partial charge in [0.05, 0.1) is 22.1 Å². The van der Waals surface area contributed by atoms with Crippen LogP contribution in [-0.2, 0) is 15.8 Å². The molecule has 1 saturated heterocycles. The van der Waals surface area contributed by atoms with E-state index < -0.39 is 45.7 Å². The fourth-order valence-corrected chi connectivity index (χ4v) is 3.83. The second-order valence-electron chi connectivity index (χ2n) is 7.62. The Morgan fingerprint density at radius 1 is 0.971 bits per heavy atom. The highest BCUT2D eigenvalue weighted by molar-refractivity contribution is 6.51. The molecule has 0 spiro atoms. The number of aromatic hydroxyl groups is 1. The van der Waals surface area contributed by atoms with Crippen LogP contribution in [0.2, 0.25) is 0 Å². The van der Waals surface area contributed by atoms with E-state index in [2.05, 4.69) is 0 Å². The fourth-order valence-electron chi connectivity index (χ4n) is 3.83. The van der Waals surface area contributed by atoms with Gasteiger partial charge in [0.15, 0.2) is 0 Å². The number of anilines is 1. The Morgan fingerprint density at radius 2 is 1.63 bits per heavy atom. The van der Waals surface area contributed by atoms with Gasteiger partial charge in [-0.15, -0.1) is 0 Å². The molecule has 2 N–H and O–H groups in total. The van der Waals surface area contributed by atoms with Gasteiger partial charge in [-0.05, 0) is 35.9 Å². The first kappa shape index (κ1) is 23.5. The van der Waals surface area contributed by atoms with Gasteiger partial charge in [-0.3, -0.25) is 24.6 Å². The zero-order valence-electron chi connectivity index (χ0n) is 17.6. The van der Waals surface area contributed by atoms with Crippen molar-refractivity contribution in [3.63, 3.8) is 0 Å². The Balaban J connectivity index is 1.95. The predicted molar refractivity (Wildman–Crippen MR) is 117 cm³/mol. The molecule has 0 radical (unpaired) electrons. The highest BCUT2D eigenvalue weighted by Gasteiger charge is 2.47. The lowest BCUT2D eigenvalue weighted by Crippen LogP contribution is -2.29. The van der Waals surface area contributed by atoms with Gasteiger partial charge in [-0.1, -0.05) is 30.3 Å². The average molecular weight is 484 g/mol. The van der Waals surface area contributed by atoms with Crippen molar-refractivity contribution in [2.24, 2.45) is 0 Å². The van der Waals surface area contributed by atoms with Crippen LogP contribution in [0.5, 0.6) is 5.75 Å². The summed E-state index contributed by atoms with van der Waals surface area (Å²) in [6.07, 6.45) is -4.72. The number of non-ortho nitro benzene ring substituents is 1. The van der Waals surface area contributed by atoms with Crippen LogP contribution in [-0.4, -0.2) is 26.8 Å². The predicted octanol–water partition coefficient (Wildman–Crippen LogP) is 4.95. The number of ketones is 1. The average Bonchev–Trinajstić information content (AvgIpc) is 3.09. The summed E-state index contributed by atoms with van der Waals surface area (Å²) in [5.41, 5.74) is -2.10. The molecule has 0 aliphatic carbocycles. The molecule has 0 aromatic heterocycles. The number of nitrogens with zero attached hydrogens (tertiary/aromatic N) is 2. The van der Waals surface area contributed by atoms with Crippen LogP contribution in [0.3, 0.4) is 0 Å². The largest absolute Gasteiger partial charge is 0.508 e. The maximum atomic E-state index is 13.3. The normalized spacial score (nSPS) is 17.6. The summed E-state index contributed by atoms with van der Waals surface area (Å²) in [5, 5.41) is 31.8. The Morgan fingerprint density at radius 3 is 2.26 bits per heavy atom. The summed E-state index contributed by atoms with van der Waals surface area (Å²) in [7, 11) is 0. The van der Waals surface area contributed by atoms with E-state index in [1.807, 2.05) is 0 Å². The molecule has 11 heteroatoms. The molecule has 1 aliphatic rings. The van der Waals surface area contributed by atoms with Gasteiger partial charge in [-0.25, -0.2) is 0 Å². The van der Waals surface area contributed by atoms with Crippen molar-refractivity contribution in [3.8, 4) is 5.75 Å². The van der Waals surface area contributed by atoms with Crippen LogP contribution >= 0.6 is 0 Å². The monoisotopic (exact) mass is 484 g/mol. The number of carbonyl (C=O) groups excluding carboxylic acids is 2. The topological polar surface area (TPSA) is 121 Å². The number of hydrogen-bond acceptors (Lipinski definition) is 6. The Bertz CT molecular complexity index is 1380. The summed E-state index contributed by atoms with van der Waals surface area (Å²) in [6.45, 7) is 0. The van der Waals surface area contributed by atoms with Gasteiger partial charge in [0.25, 0.3) is 17.4 Å². The van der Waals surface area contributed by atoms with E-state index in [1.165, 1.54) is 42.5 Å². The van der Waals surface area contributed by atoms with Crippen LogP contribution in [0.25, 0.3) is 5.76 Å². The second-order valence-corrected chi connectivity index (χ2v) is 7.62. The molecule has 178 valence electrons. The zero-order valence-corrected chi connectivity index (χ0v) is 17.6. The Kier molecular flexibility index (Phi) is 5.77. The lowest BCUT2D eigenvalue weighted by Gasteiger charge is -2.26. The third-order valence-electron chi connectivity index (χ3n) is 5.44. The summed E-state index contributed by atoms with van der Waals surface area (Å²) < 4.78 is 40.0. The first-order valence-electron chi connectivity index (χ1n) is 10.0. The van der Waals surface area contributed by atoms with Gasteiger partial charge in [0.1, 0.15) is 11.5 Å². The Labute approximate surface area is 195 Å². The number of benzene rings is 3. The number of nitro groups is 1. The minimum atomic E-state index is -4.72. The number of nitro benzene ring substituents is 1. The van der Waals surface area contributed by atoms with Crippen LogP contribution < -0.4 is 4.90 Å². The number of aliphatic hydroxyl groups excluding tert-OH is 1. The van der Waals surface area contributed by atoms with E-state index in [4.69, 9.17) is 0 Å². The summed E-state index contributed by atoms with van der Waals surface area (Å²) >= 11 is 0. The van der Waals surface area contributed by atoms with Gasteiger partial charge in [0.2, 0.25) is 0 Å². The molecule has 3 aromatic rings. The lowest BCUT2D eigenvalue weighted by atomic mass is 9.95. The summed E-state index contributed by atoms with van der Waals surface area (Å²) in [6, 6.07) is 12.3. The van der Waals surface area contributed by atoms with E-state index in [0.29, 0.717) is 6.07 Å². The van der Waals surface area contributed by atoms with Crippen molar-refractivity contribution in [1.29, 1.82) is 0 Å². The fraction of sp³-hybridized carbons (Fsp3) is 0.0833. The van der Waals surface area contributed by atoms with Crippen molar-refractivity contribution in [2.75, 3.05) is 4.90 Å². The smallest absolute Gasteiger partial charge is 0.416 e. The number of carbonyl (C=O) groups is 2. The SMILES string of the molecule is O=C1C(=O)N(c2cccc(C(F)(F)F)c2)C(c2ccc(O)cc2)/C1=C(/O)c1cccc([N+](=O)[O-])c1. The number of alkyl halides is 3. The molecule has 8 nitrogen and oxygen atoms in total. The molecule has 0 bridgehead atoms. The third-order valence-corrected chi connectivity index (χ3v) is 5.44. The van der Waals surface area contributed by atoms with E-state index in [9.17, 15) is 43.1 Å². The first-order valence-corrected chi connectivity index (χ1v) is 10.0. The quantitative estimate of drug-likeness (QED) is 0.178. The molecular formula is C24H15F3N2O6. The van der Waals surface area contributed by atoms with E-state index in [1.54, 1.807) is 0 Å². The standard InChI is InChI=1S/C24H15F3N2O6/c25-24(26,27)15-4-2-5-16(12-15)28-20(13-7-9-18(30)10-8-13)19(22(32)23(28)33)21(31)14-3-1-6-17(11-14)29(34)35/h1-12,20,30-31H/b21-19-. The molecule has 1 aliphatic heterocycles. The molecule has 4 rings (SSSR count).